The Morgan fingerprint density at radius 3 is 2.48 bits per heavy atom. The quantitative estimate of drug-likeness (QED) is 0.659. The average molecular weight is 386 g/mol. The molecular formula is C17H18F4N4O2. The SMILES string of the molecule is CC.O=c1[nH]n(CCCC(F)(F)F)c2c(Oc3ncc(F)cn3)cccc12. The summed E-state index contributed by atoms with van der Waals surface area (Å²) < 4.78 is 56.6. The van der Waals surface area contributed by atoms with Crippen LogP contribution in [0.15, 0.2) is 35.4 Å². The van der Waals surface area contributed by atoms with Gasteiger partial charge < -0.3 is 4.74 Å². The molecule has 1 N–H and O–H groups in total. The zero-order valence-electron chi connectivity index (χ0n) is 14.7. The van der Waals surface area contributed by atoms with E-state index in [1.165, 1.54) is 16.8 Å². The van der Waals surface area contributed by atoms with Crippen LogP contribution in [0.4, 0.5) is 17.6 Å². The van der Waals surface area contributed by atoms with Gasteiger partial charge in [-0.2, -0.15) is 13.2 Å². The van der Waals surface area contributed by atoms with Crippen LogP contribution in [-0.2, 0) is 6.54 Å². The summed E-state index contributed by atoms with van der Waals surface area (Å²) in [7, 11) is 0. The molecule has 6 nitrogen and oxygen atoms in total. The van der Waals surface area contributed by atoms with Gasteiger partial charge in [0.25, 0.3) is 5.56 Å². The number of alkyl halides is 3. The van der Waals surface area contributed by atoms with Crippen molar-refractivity contribution in [1.82, 2.24) is 19.7 Å². The third-order valence-corrected chi connectivity index (χ3v) is 3.39. The van der Waals surface area contributed by atoms with Gasteiger partial charge in [-0.3, -0.25) is 14.6 Å². The first kappa shape index (κ1) is 20.4. The number of ether oxygens (including phenoxy) is 1. The number of nitrogens with one attached hydrogen (secondary N) is 1. The normalized spacial score (nSPS) is 11.2. The molecule has 0 fully saturated rings. The van der Waals surface area contributed by atoms with Crippen LogP contribution in [0.5, 0.6) is 11.8 Å². The smallest absolute Gasteiger partial charge is 0.389 e. The Bertz CT molecular complexity index is 933. The number of aryl methyl sites for hydroxylation is 1. The van der Waals surface area contributed by atoms with Gasteiger partial charge in [0.15, 0.2) is 11.6 Å². The van der Waals surface area contributed by atoms with Crippen molar-refractivity contribution < 1.29 is 22.3 Å². The van der Waals surface area contributed by atoms with E-state index < -0.39 is 24.0 Å². The first-order chi connectivity index (χ1) is 12.8. The molecule has 1 aromatic carbocycles. The summed E-state index contributed by atoms with van der Waals surface area (Å²) in [4.78, 5) is 19.3. The van der Waals surface area contributed by atoms with Crippen LogP contribution in [0.1, 0.15) is 26.7 Å². The molecule has 0 saturated carbocycles. The highest BCUT2D eigenvalue weighted by Crippen LogP contribution is 2.28. The van der Waals surface area contributed by atoms with Crippen molar-refractivity contribution in [3.05, 3.63) is 46.8 Å². The molecule has 0 unspecified atom stereocenters. The number of aromatic amines is 1. The summed E-state index contributed by atoms with van der Waals surface area (Å²) in [5, 5.41) is 2.74. The molecule has 10 heteroatoms. The summed E-state index contributed by atoms with van der Waals surface area (Å²) in [5.74, 6) is -0.467. The topological polar surface area (TPSA) is 72.8 Å². The number of para-hydroxylation sites is 1. The molecule has 27 heavy (non-hydrogen) atoms. The number of rotatable bonds is 5. The van der Waals surface area contributed by atoms with Gasteiger partial charge in [-0.15, -0.1) is 0 Å². The summed E-state index contributed by atoms with van der Waals surface area (Å²) >= 11 is 0. The fourth-order valence-electron chi connectivity index (χ4n) is 2.36. The molecule has 0 spiro atoms. The van der Waals surface area contributed by atoms with Crippen molar-refractivity contribution in [3.8, 4) is 11.8 Å². The van der Waals surface area contributed by atoms with Crippen LogP contribution < -0.4 is 10.3 Å². The van der Waals surface area contributed by atoms with Crippen molar-refractivity contribution in [3.63, 3.8) is 0 Å². The van der Waals surface area contributed by atoms with Gasteiger partial charge in [0.05, 0.1) is 17.8 Å². The van der Waals surface area contributed by atoms with E-state index in [0.29, 0.717) is 5.52 Å². The first-order valence-corrected chi connectivity index (χ1v) is 8.27. The zero-order chi connectivity index (χ0) is 20.0. The van der Waals surface area contributed by atoms with Crippen LogP contribution in [0.2, 0.25) is 0 Å². The summed E-state index contributed by atoms with van der Waals surface area (Å²) in [6, 6.07) is 4.44. The Morgan fingerprint density at radius 1 is 1.19 bits per heavy atom. The van der Waals surface area contributed by atoms with E-state index in [2.05, 4.69) is 15.1 Å². The largest absolute Gasteiger partial charge is 0.422 e. The number of hydrogen-bond donors (Lipinski definition) is 1. The molecule has 2 heterocycles. The lowest BCUT2D eigenvalue weighted by Crippen LogP contribution is -2.11. The minimum Gasteiger partial charge on any atom is -0.422 e. The van der Waals surface area contributed by atoms with Crippen molar-refractivity contribution in [2.75, 3.05) is 0 Å². The van der Waals surface area contributed by atoms with Crippen molar-refractivity contribution in [2.45, 2.75) is 39.4 Å². The van der Waals surface area contributed by atoms with Gasteiger partial charge in [-0.05, 0) is 18.6 Å². The van der Waals surface area contributed by atoms with Gasteiger partial charge in [0.2, 0.25) is 0 Å². The number of fused-ring (bicyclic) bond motifs is 1. The van der Waals surface area contributed by atoms with Crippen LogP contribution in [-0.4, -0.2) is 25.9 Å². The molecule has 0 aliphatic carbocycles. The molecule has 0 radical (unpaired) electrons. The van der Waals surface area contributed by atoms with E-state index in [-0.39, 0.29) is 30.1 Å². The summed E-state index contributed by atoms with van der Waals surface area (Å²) in [6.07, 6.45) is -3.63. The Balaban J connectivity index is 0.00000126. The average Bonchev–Trinajstić information content (AvgIpc) is 2.95. The van der Waals surface area contributed by atoms with Crippen molar-refractivity contribution in [2.24, 2.45) is 0 Å². The highest BCUT2D eigenvalue weighted by molar-refractivity contribution is 5.84. The Labute approximate surface area is 151 Å². The van der Waals surface area contributed by atoms with E-state index >= 15 is 0 Å². The minimum atomic E-state index is -4.27. The molecule has 2 aromatic heterocycles. The minimum absolute atomic E-state index is 0.0527. The number of hydrogen-bond acceptors (Lipinski definition) is 4. The number of aromatic nitrogens is 4. The molecule has 146 valence electrons. The molecule has 3 aromatic rings. The fraction of sp³-hybridized carbons (Fsp3) is 0.353. The molecule has 0 saturated heterocycles. The van der Waals surface area contributed by atoms with E-state index in [9.17, 15) is 22.4 Å². The molecular weight excluding hydrogens is 368 g/mol. The van der Waals surface area contributed by atoms with Gasteiger partial charge in [0, 0.05) is 13.0 Å². The zero-order valence-corrected chi connectivity index (χ0v) is 14.7. The predicted octanol–water partition coefficient (Wildman–Crippen LogP) is 4.42. The molecule has 0 bridgehead atoms. The molecule has 0 aliphatic rings. The lowest BCUT2D eigenvalue weighted by molar-refractivity contribution is -0.135. The summed E-state index contributed by atoms with van der Waals surface area (Å²) in [5.41, 5.74) is -0.157. The second-order valence-corrected chi connectivity index (χ2v) is 5.25. The van der Waals surface area contributed by atoms with E-state index in [1.807, 2.05) is 13.8 Å². The standard InChI is InChI=1S/C15H12F4N4O2.C2H6/c16-9-7-20-14(21-8-9)25-11-4-1-3-10-12(11)23(22-13(10)24)6-2-5-15(17,18)19;1-2/h1,3-4,7-8H,2,5-6H2,(H,22,24);1-2H3. The molecule has 0 atom stereocenters. The second-order valence-electron chi connectivity index (χ2n) is 5.25. The van der Waals surface area contributed by atoms with Gasteiger partial charge in [-0.1, -0.05) is 19.9 Å². The summed E-state index contributed by atoms with van der Waals surface area (Å²) in [6.45, 7) is 3.95. The van der Waals surface area contributed by atoms with Crippen LogP contribution in [0, 0.1) is 5.82 Å². The fourth-order valence-corrected chi connectivity index (χ4v) is 2.36. The Morgan fingerprint density at radius 2 is 1.85 bits per heavy atom. The Hall–Kier alpha value is -2.91. The predicted molar refractivity (Wildman–Crippen MR) is 91.3 cm³/mol. The van der Waals surface area contributed by atoms with Crippen LogP contribution >= 0.6 is 0 Å². The highest BCUT2D eigenvalue weighted by Gasteiger charge is 2.26. The van der Waals surface area contributed by atoms with Crippen LogP contribution in [0.25, 0.3) is 10.9 Å². The van der Waals surface area contributed by atoms with Crippen molar-refractivity contribution >= 4 is 10.9 Å². The van der Waals surface area contributed by atoms with Gasteiger partial charge >= 0.3 is 12.2 Å². The molecule has 3 rings (SSSR count). The third-order valence-electron chi connectivity index (χ3n) is 3.39. The molecule has 0 aliphatic heterocycles. The monoisotopic (exact) mass is 386 g/mol. The van der Waals surface area contributed by atoms with E-state index in [1.54, 1.807) is 6.07 Å². The Kier molecular flexibility index (Phi) is 6.54. The maximum Gasteiger partial charge on any atom is 0.389 e. The number of H-pyrrole nitrogens is 1. The van der Waals surface area contributed by atoms with E-state index in [4.69, 9.17) is 4.74 Å². The maximum absolute atomic E-state index is 12.9. The lowest BCUT2D eigenvalue weighted by Gasteiger charge is -2.10. The van der Waals surface area contributed by atoms with Crippen LogP contribution in [0.3, 0.4) is 0 Å². The maximum atomic E-state index is 12.9. The highest BCUT2D eigenvalue weighted by atomic mass is 19.4. The van der Waals surface area contributed by atoms with E-state index in [0.717, 1.165) is 12.4 Å². The number of benzene rings is 1. The van der Waals surface area contributed by atoms with Gasteiger partial charge in [0.1, 0.15) is 5.52 Å². The third kappa shape index (κ3) is 5.28. The number of nitrogens with zero attached hydrogens (tertiary/aromatic N) is 3. The second kappa shape index (κ2) is 8.65. The van der Waals surface area contributed by atoms with Crippen molar-refractivity contribution in [1.29, 1.82) is 0 Å². The van der Waals surface area contributed by atoms with Gasteiger partial charge in [-0.25, -0.2) is 14.4 Å². The first-order valence-electron chi connectivity index (χ1n) is 8.27. The number of halogens is 4. The molecule has 0 amide bonds. The lowest BCUT2D eigenvalue weighted by atomic mass is 10.2.